The average molecular weight is 390 g/mol. The van der Waals surface area contributed by atoms with E-state index >= 15 is 0 Å². The van der Waals surface area contributed by atoms with Crippen LogP contribution in [0.2, 0.25) is 0 Å². The number of benzene rings is 2. The zero-order valence-corrected chi connectivity index (χ0v) is 16.1. The molecular formula is C22H22N4O3. The van der Waals surface area contributed by atoms with Gasteiger partial charge >= 0.3 is 0 Å². The van der Waals surface area contributed by atoms with E-state index in [9.17, 15) is 9.59 Å². The van der Waals surface area contributed by atoms with Crippen LogP contribution >= 0.6 is 0 Å². The molecule has 1 saturated heterocycles. The molecule has 2 heterocycles. The summed E-state index contributed by atoms with van der Waals surface area (Å²) in [6.45, 7) is 0.639. The Hall–Kier alpha value is -3.45. The van der Waals surface area contributed by atoms with Crippen molar-refractivity contribution in [3.05, 3.63) is 66.2 Å². The first-order valence-electron chi connectivity index (χ1n) is 9.53. The van der Waals surface area contributed by atoms with Gasteiger partial charge in [0.15, 0.2) is 0 Å². The van der Waals surface area contributed by atoms with Crippen LogP contribution in [0, 0.1) is 0 Å². The van der Waals surface area contributed by atoms with E-state index in [1.165, 1.54) is 0 Å². The molecule has 0 radical (unpaired) electrons. The van der Waals surface area contributed by atoms with Crippen molar-refractivity contribution in [1.82, 2.24) is 9.78 Å². The summed E-state index contributed by atoms with van der Waals surface area (Å²) in [5.74, 6) is 0.302. The fourth-order valence-corrected chi connectivity index (χ4v) is 3.23. The Balaban J connectivity index is 1.44. The van der Waals surface area contributed by atoms with Gasteiger partial charge in [-0.25, -0.2) is 0 Å². The van der Waals surface area contributed by atoms with Crippen molar-refractivity contribution in [3.8, 4) is 11.3 Å². The average Bonchev–Trinajstić information content (AvgIpc) is 3.40. The molecule has 4 rings (SSSR count). The quantitative estimate of drug-likeness (QED) is 0.699. The van der Waals surface area contributed by atoms with Crippen molar-refractivity contribution >= 4 is 23.3 Å². The van der Waals surface area contributed by atoms with Crippen molar-refractivity contribution in [1.29, 1.82) is 0 Å². The maximum atomic E-state index is 12.4. The van der Waals surface area contributed by atoms with Crippen LogP contribution in [-0.4, -0.2) is 34.3 Å². The normalized spacial score (nSPS) is 15.8. The predicted molar refractivity (Wildman–Crippen MR) is 111 cm³/mol. The van der Waals surface area contributed by atoms with Crippen LogP contribution in [0.15, 0.2) is 60.7 Å². The molecule has 0 aliphatic carbocycles. The van der Waals surface area contributed by atoms with Gasteiger partial charge in [0.2, 0.25) is 0 Å². The summed E-state index contributed by atoms with van der Waals surface area (Å²) in [6.07, 6.45) is 1.32. The number of nitrogens with one attached hydrogen (secondary N) is 2. The predicted octanol–water partition coefficient (Wildman–Crippen LogP) is 3.46. The lowest BCUT2D eigenvalue weighted by molar-refractivity contribution is -0.124. The highest BCUT2D eigenvalue weighted by molar-refractivity contribution is 6.04. The molecule has 3 aromatic rings. The number of aryl methyl sites for hydroxylation is 1. The maximum Gasteiger partial charge on any atom is 0.256 e. The van der Waals surface area contributed by atoms with E-state index in [0.29, 0.717) is 23.7 Å². The molecule has 0 saturated carbocycles. The van der Waals surface area contributed by atoms with E-state index in [4.69, 9.17) is 4.74 Å². The zero-order chi connectivity index (χ0) is 20.2. The summed E-state index contributed by atoms with van der Waals surface area (Å²) in [4.78, 5) is 24.5. The van der Waals surface area contributed by atoms with Crippen LogP contribution in [0.3, 0.4) is 0 Å². The molecule has 7 nitrogen and oxygen atoms in total. The molecule has 1 aliphatic rings. The Morgan fingerprint density at radius 3 is 2.52 bits per heavy atom. The monoisotopic (exact) mass is 390 g/mol. The molecule has 1 fully saturated rings. The topological polar surface area (TPSA) is 85.2 Å². The fraction of sp³-hybridized carbons (Fsp3) is 0.227. The molecule has 2 aromatic carbocycles. The largest absolute Gasteiger partial charge is 0.368 e. The number of carbonyl (C=O) groups is 2. The van der Waals surface area contributed by atoms with Gasteiger partial charge < -0.3 is 15.4 Å². The van der Waals surface area contributed by atoms with Gasteiger partial charge in [0, 0.05) is 36.5 Å². The van der Waals surface area contributed by atoms with Gasteiger partial charge in [-0.15, -0.1) is 0 Å². The van der Waals surface area contributed by atoms with E-state index in [1.807, 2.05) is 48.5 Å². The minimum Gasteiger partial charge on any atom is -0.368 e. The number of anilines is 2. The van der Waals surface area contributed by atoms with Crippen LogP contribution in [0.25, 0.3) is 11.3 Å². The molecule has 0 spiro atoms. The van der Waals surface area contributed by atoms with Gasteiger partial charge in [0.1, 0.15) is 11.9 Å². The Morgan fingerprint density at radius 2 is 1.83 bits per heavy atom. The molecule has 1 atom stereocenters. The van der Waals surface area contributed by atoms with E-state index in [-0.39, 0.29) is 17.9 Å². The summed E-state index contributed by atoms with van der Waals surface area (Å²) >= 11 is 0. The highest BCUT2D eigenvalue weighted by Crippen LogP contribution is 2.24. The molecular weight excluding hydrogens is 368 g/mol. The first-order valence-corrected chi connectivity index (χ1v) is 9.53. The number of nitrogens with zero attached hydrogens (tertiary/aromatic N) is 2. The van der Waals surface area contributed by atoms with Crippen LogP contribution in [0.4, 0.5) is 11.5 Å². The van der Waals surface area contributed by atoms with Crippen molar-refractivity contribution in [3.63, 3.8) is 0 Å². The molecule has 2 amide bonds. The third-order valence-corrected chi connectivity index (χ3v) is 4.83. The Kier molecular flexibility index (Phi) is 5.39. The number of amides is 2. The Morgan fingerprint density at radius 1 is 1.07 bits per heavy atom. The lowest BCUT2D eigenvalue weighted by Crippen LogP contribution is -2.26. The van der Waals surface area contributed by atoms with Gasteiger partial charge in [0.25, 0.3) is 11.8 Å². The summed E-state index contributed by atoms with van der Waals surface area (Å²) in [7, 11) is 1.78. The van der Waals surface area contributed by atoms with Crippen molar-refractivity contribution < 1.29 is 14.3 Å². The maximum absolute atomic E-state index is 12.4. The first-order chi connectivity index (χ1) is 14.1. The third-order valence-electron chi connectivity index (χ3n) is 4.83. The zero-order valence-electron chi connectivity index (χ0n) is 16.1. The van der Waals surface area contributed by atoms with Crippen LogP contribution < -0.4 is 10.6 Å². The first kappa shape index (κ1) is 18.9. The molecule has 1 aromatic heterocycles. The van der Waals surface area contributed by atoms with Crippen LogP contribution in [0.1, 0.15) is 23.2 Å². The van der Waals surface area contributed by atoms with Gasteiger partial charge in [-0.1, -0.05) is 30.3 Å². The van der Waals surface area contributed by atoms with Crippen molar-refractivity contribution in [2.75, 3.05) is 17.2 Å². The number of ether oxygens (including phenoxy) is 1. The summed E-state index contributed by atoms with van der Waals surface area (Å²) < 4.78 is 7.03. The number of carbonyl (C=O) groups excluding carboxylic acids is 2. The standard InChI is InChI=1S/C22H22N4O3/c1-26-20(24-21(27)16-6-3-2-4-7-16)14-18(25-26)15-9-11-17(12-10-15)23-22(28)19-8-5-13-29-19/h2-4,6-7,9-12,14,19H,5,8,13H2,1H3,(H,23,28)(H,24,27). The molecule has 2 N–H and O–H groups in total. The smallest absolute Gasteiger partial charge is 0.256 e. The number of hydrogen-bond donors (Lipinski definition) is 2. The minimum absolute atomic E-state index is 0.112. The second-order valence-corrected chi connectivity index (χ2v) is 6.93. The van der Waals surface area contributed by atoms with Gasteiger partial charge in [-0.05, 0) is 37.1 Å². The minimum atomic E-state index is -0.360. The lowest BCUT2D eigenvalue weighted by atomic mass is 10.1. The van der Waals surface area contributed by atoms with Crippen LogP contribution in [0.5, 0.6) is 0 Å². The second kappa shape index (κ2) is 8.28. The highest BCUT2D eigenvalue weighted by Gasteiger charge is 2.23. The summed E-state index contributed by atoms with van der Waals surface area (Å²) in [6, 6.07) is 18.3. The van der Waals surface area contributed by atoms with Gasteiger partial charge in [0.05, 0.1) is 5.69 Å². The highest BCUT2D eigenvalue weighted by atomic mass is 16.5. The molecule has 29 heavy (non-hydrogen) atoms. The Labute approximate surface area is 168 Å². The van der Waals surface area contributed by atoms with Crippen molar-refractivity contribution in [2.24, 2.45) is 7.05 Å². The van der Waals surface area contributed by atoms with E-state index < -0.39 is 0 Å². The Bertz CT molecular complexity index is 1010. The molecule has 0 bridgehead atoms. The summed E-state index contributed by atoms with van der Waals surface area (Å²) in [5.41, 5.74) is 2.91. The van der Waals surface area contributed by atoms with E-state index in [2.05, 4.69) is 15.7 Å². The molecule has 1 unspecified atom stereocenters. The number of rotatable bonds is 5. The second-order valence-electron chi connectivity index (χ2n) is 6.93. The van der Waals surface area contributed by atoms with Gasteiger partial charge in [-0.2, -0.15) is 5.10 Å². The van der Waals surface area contributed by atoms with E-state index in [0.717, 1.165) is 24.1 Å². The van der Waals surface area contributed by atoms with Gasteiger partial charge in [-0.3, -0.25) is 14.3 Å². The molecule has 1 aliphatic heterocycles. The van der Waals surface area contributed by atoms with E-state index in [1.54, 1.807) is 23.9 Å². The molecule has 7 heteroatoms. The molecule has 148 valence electrons. The third kappa shape index (κ3) is 4.35. The summed E-state index contributed by atoms with van der Waals surface area (Å²) in [5, 5.41) is 10.2. The number of aromatic nitrogens is 2. The number of hydrogen-bond acceptors (Lipinski definition) is 4. The SMILES string of the molecule is Cn1nc(-c2ccc(NC(=O)C3CCCO3)cc2)cc1NC(=O)c1ccccc1. The van der Waals surface area contributed by atoms with Crippen molar-refractivity contribution in [2.45, 2.75) is 18.9 Å². The fourth-order valence-electron chi connectivity index (χ4n) is 3.23. The lowest BCUT2D eigenvalue weighted by Gasteiger charge is -2.10. The van der Waals surface area contributed by atoms with Crippen LogP contribution in [-0.2, 0) is 16.6 Å².